The van der Waals surface area contributed by atoms with Gasteiger partial charge in [0.2, 0.25) is 5.91 Å². The molecule has 8 nitrogen and oxygen atoms in total. The van der Waals surface area contributed by atoms with Gasteiger partial charge in [-0.3, -0.25) is 24.2 Å². The first-order valence-electron chi connectivity index (χ1n) is 14.0. The summed E-state index contributed by atoms with van der Waals surface area (Å²) in [5.41, 5.74) is 3.72. The van der Waals surface area contributed by atoms with Gasteiger partial charge >= 0.3 is 0 Å². The number of imide groups is 1. The van der Waals surface area contributed by atoms with E-state index in [9.17, 15) is 14.4 Å². The van der Waals surface area contributed by atoms with Gasteiger partial charge in [-0.1, -0.05) is 30.3 Å². The van der Waals surface area contributed by atoms with Crippen LogP contribution in [-0.4, -0.2) is 65.4 Å². The Hall–Kier alpha value is -3.23. The quantitative estimate of drug-likeness (QED) is 0.520. The van der Waals surface area contributed by atoms with E-state index in [1.165, 1.54) is 24.8 Å². The fourth-order valence-electron chi connectivity index (χ4n) is 5.94. The van der Waals surface area contributed by atoms with Gasteiger partial charge in [0.05, 0.1) is 23.3 Å². The maximum atomic E-state index is 13.3. The molecule has 2 aromatic rings. The molecule has 3 amide bonds. The summed E-state index contributed by atoms with van der Waals surface area (Å²) in [4.78, 5) is 42.3. The summed E-state index contributed by atoms with van der Waals surface area (Å²) in [5.74, 6) is -1.04. The minimum Gasteiger partial charge on any atom is -0.380 e. The van der Waals surface area contributed by atoms with Crippen LogP contribution < -0.4 is 10.6 Å². The number of nitrogens with one attached hydrogen (secondary N) is 2. The van der Waals surface area contributed by atoms with Crippen molar-refractivity contribution in [2.45, 2.75) is 76.3 Å². The van der Waals surface area contributed by atoms with Gasteiger partial charge in [-0.05, 0) is 68.2 Å². The number of piperidine rings is 2. The maximum Gasteiger partial charge on any atom is 0.264 e. The zero-order chi connectivity index (χ0) is 26.1. The van der Waals surface area contributed by atoms with E-state index in [1.807, 2.05) is 6.07 Å². The predicted octanol–water partition coefficient (Wildman–Crippen LogP) is 3.71. The molecule has 2 aromatic carbocycles. The average Bonchev–Trinajstić information content (AvgIpc) is 3.17. The van der Waals surface area contributed by atoms with Crippen LogP contribution in [0, 0.1) is 0 Å². The normalized spacial score (nSPS) is 22.8. The van der Waals surface area contributed by atoms with Crippen molar-refractivity contribution in [2.24, 2.45) is 0 Å². The highest BCUT2D eigenvalue weighted by Crippen LogP contribution is 2.32. The number of rotatable bonds is 8. The SMILES string of the molecule is O=C1NCCCC1N1C(=O)c2cccc(NCc3ccc(CN4CCC(OC5CCC5)CC4)cc3)c2C1=O. The van der Waals surface area contributed by atoms with Gasteiger partial charge in [-0.15, -0.1) is 0 Å². The molecule has 3 heterocycles. The van der Waals surface area contributed by atoms with E-state index >= 15 is 0 Å². The Morgan fingerprint density at radius 2 is 1.58 bits per heavy atom. The van der Waals surface area contributed by atoms with E-state index in [0.717, 1.165) is 49.4 Å². The van der Waals surface area contributed by atoms with Gasteiger partial charge in [0.15, 0.2) is 0 Å². The van der Waals surface area contributed by atoms with Crippen LogP contribution >= 0.6 is 0 Å². The molecule has 8 heteroatoms. The number of likely N-dealkylation sites (tertiary alicyclic amines) is 1. The number of amides is 3. The summed E-state index contributed by atoms with van der Waals surface area (Å²) in [6.07, 6.45) is 8.21. The van der Waals surface area contributed by atoms with E-state index in [0.29, 0.717) is 48.5 Å². The summed E-state index contributed by atoms with van der Waals surface area (Å²) in [7, 11) is 0. The van der Waals surface area contributed by atoms with Crippen LogP contribution in [0.3, 0.4) is 0 Å². The van der Waals surface area contributed by atoms with Crippen LogP contribution in [0.2, 0.25) is 0 Å². The molecular weight excluding hydrogens is 480 g/mol. The molecule has 1 atom stereocenters. The lowest BCUT2D eigenvalue weighted by Gasteiger charge is -2.36. The molecule has 0 radical (unpaired) electrons. The first kappa shape index (κ1) is 25.1. The third kappa shape index (κ3) is 5.07. The van der Waals surface area contributed by atoms with Gasteiger partial charge in [0.1, 0.15) is 6.04 Å². The number of ether oxygens (including phenoxy) is 1. The second-order valence-electron chi connectivity index (χ2n) is 11.0. The largest absolute Gasteiger partial charge is 0.380 e. The molecule has 0 spiro atoms. The first-order chi connectivity index (χ1) is 18.6. The lowest BCUT2D eigenvalue weighted by molar-refractivity contribution is -0.126. The summed E-state index contributed by atoms with van der Waals surface area (Å²) < 4.78 is 6.19. The van der Waals surface area contributed by atoms with Crippen molar-refractivity contribution < 1.29 is 19.1 Å². The standard InChI is InChI=1S/C30H36N4O4/c35-28-26(8-3-15-31-28)34-29(36)24-6-2-7-25(27(24)30(34)37)32-18-20-9-11-21(12-10-20)19-33-16-13-23(14-17-33)38-22-4-1-5-22/h2,6-7,9-12,22-23,26,32H,1,3-5,8,13-19H2,(H,31,35). The molecule has 1 saturated carbocycles. The molecule has 6 rings (SSSR count). The Kier molecular flexibility index (Phi) is 7.17. The third-order valence-corrected chi connectivity index (χ3v) is 8.40. The van der Waals surface area contributed by atoms with Crippen LogP contribution in [0.5, 0.6) is 0 Å². The predicted molar refractivity (Wildman–Crippen MR) is 144 cm³/mol. The summed E-state index contributed by atoms with van der Waals surface area (Å²) in [6, 6.07) is 13.1. The van der Waals surface area contributed by atoms with Gasteiger partial charge in [0, 0.05) is 38.4 Å². The topological polar surface area (TPSA) is 91.0 Å². The highest BCUT2D eigenvalue weighted by Gasteiger charge is 2.44. The second-order valence-corrected chi connectivity index (χ2v) is 11.0. The Morgan fingerprint density at radius 3 is 2.29 bits per heavy atom. The molecule has 1 unspecified atom stereocenters. The molecule has 200 valence electrons. The fraction of sp³-hybridized carbons (Fsp3) is 0.500. The number of hydrogen-bond donors (Lipinski definition) is 2. The molecule has 3 fully saturated rings. The van der Waals surface area contributed by atoms with Crippen molar-refractivity contribution in [3.05, 3.63) is 64.7 Å². The van der Waals surface area contributed by atoms with E-state index < -0.39 is 17.9 Å². The van der Waals surface area contributed by atoms with Crippen molar-refractivity contribution in [3.8, 4) is 0 Å². The molecule has 38 heavy (non-hydrogen) atoms. The van der Waals surface area contributed by atoms with Crippen LogP contribution in [0.4, 0.5) is 5.69 Å². The van der Waals surface area contributed by atoms with E-state index in [-0.39, 0.29) is 5.91 Å². The Bertz CT molecular complexity index is 1200. The first-order valence-corrected chi connectivity index (χ1v) is 14.0. The molecule has 1 aliphatic carbocycles. The molecule has 3 aliphatic heterocycles. The van der Waals surface area contributed by atoms with Crippen molar-refractivity contribution in [3.63, 3.8) is 0 Å². The minimum absolute atomic E-state index is 0.258. The molecule has 2 N–H and O–H groups in total. The number of fused-ring (bicyclic) bond motifs is 1. The second kappa shape index (κ2) is 10.9. The smallest absolute Gasteiger partial charge is 0.264 e. The molecular formula is C30H36N4O4. The average molecular weight is 517 g/mol. The van der Waals surface area contributed by atoms with Crippen LogP contribution in [-0.2, 0) is 22.6 Å². The minimum atomic E-state index is -0.738. The Morgan fingerprint density at radius 1 is 0.842 bits per heavy atom. The molecule has 0 bridgehead atoms. The van der Waals surface area contributed by atoms with Gasteiger partial charge < -0.3 is 15.4 Å². The highest BCUT2D eigenvalue weighted by molar-refractivity contribution is 6.25. The van der Waals surface area contributed by atoms with E-state index in [4.69, 9.17) is 4.74 Å². The number of carbonyl (C=O) groups is 3. The summed E-state index contributed by atoms with van der Waals surface area (Å²) in [6.45, 7) is 4.21. The molecule has 0 aromatic heterocycles. The van der Waals surface area contributed by atoms with Gasteiger partial charge in [-0.2, -0.15) is 0 Å². The van der Waals surface area contributed by atoms with Crippen LogP contribution in [0.15, 0.2) is 42.5 Å². The molecule has 2 saturated heterocycles. The number of nitrogens with zero attached hydrogens (tertiary/aromatic N) is 2. The number of benzene rings is 2. The summed E-state index contributed by atoms with van der Waals surface area (Å²) in [5, 5.41) is 6.12. The third-order valence-electron chi connectivity index (χ3n) is 8.40. The maximum absolute atomic E-state index is 13.3. The van der Waals surface area contributed by atoms with Crippen LogP contribution in [0.1, 0.15) is 76.8 Å². The Labute approximate surface area is 223 Å². The number of anilines is 1. The fourth-order valence-corrected chi connectivity index (χ4v) is 5.94. The molecule has 4 aliphatic rings. The van der Waals surface area contributed by atoms with E-state index in [2.05, 4.69) is 39.8 Å². The van der Waals surface area contributed by atoms with Crippen LogP contribution in [0.25, 0.3) is 0 Å². The number of carbonyl (C=O) groups excluding carboxylic acids is 3. The summed E-state index contributed by atoms with van der Waals surface area (Å²) >= 11 is 0. The van der Waals surface area contributed by atoms with E-state index in [1.54, 1.807) is 12.1 Å². The van der Waals surface area contributed by atoms with Crippen molar-refractivity contribution in [1.29, 1.82) is 0 Å². The van der Waals surface area contributed by atoms with Gasteiger partial charge in [-0.25, -0.2) is 0 Å². The lowest BCUT2D eigenvalue weighted by atomic mass is 9.95. The van der Waals surface area contributed by atoms with Crippen molar-refractivity contribution in [1.82, 2.24) is 15.1 Å². The van der Waals surface area contributed by atoms with Crippen molar-refractivity contribution >= 4 is 23.4 Å². The highest BCUT2D eigenvalue weighted by atomic mass is 16.5. The Balaban J connectivity index is 1.04. The zero-order valence-corrected chi connectivity index (χ0v) is 21.8. The van der Waals surface area contributed by atoms with Crippen molar-refractivity contribution in [2.75, 3.05) is 25.0 Å². The zero-order valence-electron chi connectivity index (χ0n) is 21.8. The monoisotopic (exact) mass is 516 g/mol. The lowest BCUT2D eigenvalue weighted by Crippen LogP contribution is -2.52. The number of hydrogen-bond acceptors (Lipinski definition) is 6. The van der Waals surface area contributed by atoms with Gasteiger partial charge in [0.25, 0.3) is 11.8 Å².